The maximum absolute atomic E-state index is 12.7. The average Bonchev–Trinajstić information content (AvgIpc) is 2.74. The minimum atomic E-state index is -3.75. The van der Waals surface area contributed by atoms with Gasteiger partial charge in [-0.2, -0.15) is 4.31 Å². The highest BCUT2D eigenvalue weighted by atomic mass is 32.2. The van der Waals surface area contributed by atoms with Gasteiger partial charge >= 0.3 is 0 Å². The van der Waals surface area contributed by atoms with Crippen LogP contribution in [0.4, 0.5) is 5.69 Å². The lowest BCUT2D eigenvalue weighted by atomic mass is 10.0. The molecule has 1 amide bonds. The molecule has 0 spiro atoms. The van der Waals surface area contributed by atoms with E-state index in [0.29, 0.717) is 5.69 Å². The van der Waals surface area contributed by atoms with Gasteiger partial charge in [0.1, 0.15) is 0 Å². The van der Waals surface area contributed by atoms with Crippen LogP contribution >= 0.6 is 11.8 Å². The summed E-state index contributed by atoms with van der Waals surface area (Å²) in [6.45, 7) is -0.282. The zero-order chi connectivity index (χ0) is 20.9. The number of likely N-dealkylation sites (N-methyl/N-ethyl adjacent to an activating group) is 1. The zero-order valence-electron chi connectivity index (χ0n) is 16.2. The van der Waals surface area contributed by atoms with Crippen LogP contribution in [0, 0.1) is 0 Å². The van der Waals surface area contributed by atoms with E-state index in [0.717, 1.165) is 20.3 Å². The van der Waals surface area contributed by atoms with Gasteiger partial charge < -0.3 is 5.32 Å². The van der Waals surface area contributed by atoms with Crippen LogP contribution in [0.2, 0.25) is 0 Å². The van der Waals surface area contributed by atoms with Gasteiger partial charge in [0.25, 0.3) is 0 Å². The van der Waals surface area contributed by atoms with Gasteiger partial charge in [-0.05, 0) is 42.2 Å². The van der Waals surface area contributed by atoms with Gasteiger partial charge in [-0.3, -0.25) is 4.79 Å². The van der Waals surface area contributed by atoms with Crippen molar-refractivity contribution in [1.82, 2.24) is 4.31 Å². The molecule has 0 radical (unpaired) electrons. The van der Waals surface area contributed by atoms with Crippen LogP contribution in [0.3, 0.4) is 0 Å². The highest BCUT2D eigenvalue weighted by Gasteiger charge is 2.23. The van der Waals surface area contributed by atoms with Crippen molar-refractivity contribution >= 4 is 33.4 Å². The summed E-state index contributed by atoms with van der Waals surface area (Å²) in [5, 5.41) is 2.83. The van der Waals surface area contributed by atoms with Crippen molar-refractivity contribution in [3.63, 3.8) is 0 Å². The van der Waals surface area contributed by atoms with Crippen molar-refractivity contribution in [2.45, 2.75) is 9.79 Å². The van der Waals surface area contributed by atoms with Crippen LogP contribution in [-0.2, 0) is 14.8 Å². The highest BCUT2D eigenvalue weighted by Crippen LogP contribution is 2.27. The van der Waals surface area contributed by atoms with Gasteiger partial charge in [0, 0.05) is 23.2 Å². The van der Waals surface area contributed by atoms with Gasteiger partial charge in [0.15, 0.2) is 0 Å². The second-order valence-electron chi connectivity index (χ2n) is 6.40. The summed E-state index contributed by atoms with van der Waals surface area (Å²) in [5.74, 6) is -0.403. The van der Waals surface area contributed by atoms with Crippen molar-refractivity contribution in [3.05, 3.63) is 78.9 Å². The van der Waals surface area contributed by atoms with Crippen molar-refractivity contribution in [2.75, 3.05) is 25.2 Å². The van der Waals surface area contributed by atoms with E-state index in [9.17, 15) is 13.2 Å². The molecule has 0 aliphatic heterocycles. The number of anilines is 1. The van der Waals surface area contributed by atoms with E-state index in [4.69, 9.17) is 0 Å². The molecule has 5 nitrogen and oxygen atoms in total. The molecule has 0 bridgehead atoms. The molecule has 3 rings (SSSR count). The number of carbonyl (C=O) groups excluding carboxylic acids is 1. The monoisotopic (exact) mass is 426 g/mol. The number of benzene rings is 3. The highest BCUT2D eigenvalue weighted by molar-refractivity contribution is 7.98. The van der Waals surface area contributed by atoms with Gasteiger partial charge in [-0.25, -0.2) is 8.42 Å². The summed E-state index contributed by atoms with van der Waals surface area (Å²) in [4.78, 5) is 13.7. The minimum Gasteiger partial charge on any atom is -0.324 e. The molecule has 0 atom stereocenters. The second kappa shape index (κ2) is 9.26. The van der Waals surface area contributed by atoms with Crippen molar-refractivity contribution in [2.24, 2.45) is 0 Å². The van der Waals surface area contributed by atoms with Crippen molar-refractivity contribution in [1.29, 1.82) is 0 Å². The lowest BCUT2D eigenvalue weighted by Gasteiger charge is -2.18. The van der Waals surface area contributed by atoms with Gasteiger partial charge in [-0.15, -0.1) is 11.8 Å². The summed E-state index contributed by atoms with van der Waals surface area (Å²) in [6.07, 6.45) is 1.92. The largest absolute Gasteiger partial charge is 0.324 e. The Morgan fingerprint density at radius 3 is 2.21 bits per heavy atom. The van der Waals surface area contributed by atoms with E-state index in [1.807, 2.05) is 54.8 Å². The molecule has 0 aromatic heterocycles. The molecule has 0 aliphatic carbocycles. The SMILES string of the molecule is CSc1ccc(S(=O)(=O)N(C)CC(=O)Nc2ccccc2-c2ccccc2)cc1. The second-order valence-corrected chi connectivity index (χ2v) is 9.32. The molecule has 3 aromatic carbocycles. The summed E-state index contributed by atoms with van der Waals surface area (Å²) in [6, 6.07) is 23.8. The number of hydrogen-bond acceptors (Lipinski definition) is 4. The average molecular weight is 427 g/mol. The van der Waals surface area contributed by atoms with E-state index in [1.54, 1.807) is 30.3 Å². The number of nitrogens with zero attached hydrogens (tertiary/aromatic N) is 1. The Morgan fingerprint density at radius 1 is 0.931 bits per heavy atom. The fourth-order valence-electron chi connectivity index (χ4n) is 2.87. The molecule has 0 aliphatic rings. The van der Waals surface area contributed by atoms with Crippen LogP contribution < -0.4 is 5.32 Å². The van der Waals surface area contributed by atoms with E-state index in [1.165, 1.54) is 18.8 Å². The van der Waals surface area contributed by atoms with Crippen LogP contribution in [0.5, 0.6) is 0 Å². The van der Waals surface area contributed by atoms with Crippen LogP contribution in [0.15, 0.2) is 88.7 Å². The third kappa shape index (κ3) is 5.06. The molecule has 1 N–H and O–H groups in total. The minimum absolute atomic E-state index is 0.162. The first kappa shape index (κ1) is 21.1. The Hall–Kier alpha value is -2.61. The first-order valence-corrected chi connectivity index (χ1v) is 11.6. The molecule has 0 saturated heterocycles. The Kier molecular flexibility index (Phi) is 6.74. The van der Waals surface area contributed by atoms with Crippen molar-refractivity contribution in [3.8, 4) is 11.1 Å². The number of hydrogen-bond donors (Lipinski definition) is 1. The predicted octanol–water partition coefficient (Wildman–Crippen LogP) is 4.33. The molecule has 0 saturated carbocycles. The molecule has 29 heavy (non-hydrogen) atoms. The smallest absolute Gasteiger partial charge is 0.243 e. The Labute approximate surface area is 175 Å². The molecule has 0 heterocycles. The molecule has 150 valence electrons. The van der Waals surface area contributed by atoms with E-state index in [2.05, 4.69) is 5.32 Å². The van der Waals surface area contributed by atoms with Crippen LogP contribution in [0.25, 0.3) is 11.1 Å². The first-order chi connectivity index (χ1) is 13.9. The fourth-order valence-corrected chi connectivity index (χ4v) is 4.40. The fraction of sp³-hybridized carbons (Fsp3) is 0.136. The topological polar surface area (TPSA) is 66.5 Å². The maximum Gasteiger partial charge on any atom is 0.243 e. The number of sulfonamides is 1. The number of carbonyl (C=O) groups is 1. The lowest BCUT2D eigenvalue weighted by molar-refractivity contribution is -0.116. The zero-order valence-corrected chi connectivity index (χ0v) is 17.8. The summed E-state index contributed by atoms with van der Waals surface area (Å²) in [7, 11) is -2.35. The maximum atomic E-state index is 12.7. The van der Waals surface area contributed by atoms with Crippen LogP contribution in [0.1, 0.15) is 0 Å². The number of nitrogens with one attached hydrogen (secondary N) is 1. The van der Waals surface area contributed by atoms with E-state index >= 15 is 0 Å². The van der Waals surface area contributed by atoms with Gasteiger partial charge in [0.2, 0.25) is 15.9 Å². The third-order valence-corrected chi connectivity index (χ3v) is 6.98. The van der Waals surface area contributed by atoms with Crippen molar-refractivity contribution < 1.29 is 13.2 Å². The predicted molar refractivity (Wildman–Crippen MR) is 119 cm³/mol. The molecule has 3 aromatic rings. The summed E-state index contributed by atoms with van der Waals surface area (Å²) < 4.78 is 26.6. The van der Waals surface area contributed by atoms with E-state index in [-0.39, 0.29) is 11.4 Å². The van der Waals surface area contributed by atoms with E-state index < -0.39 is 15.9 Å². The number of para-hydroxylation sites is 1. The lowest BCUT2D eigenvalue weighted by Crippen LogP contribution is -2.35. The normalized spacial score (nSPS) is 11.4. The van der Waals surface area contributed by atoms with Crippen LogP contribution in [-0.4, -0.2) is 38.5 Å². The summed E-state index contributed by atoms with van der Waals surface area (Å²) in [5.41, 5.74) is 2.48. The number of rotatable bonds is 7. The Morgan fingerprint density at radius 2 is 1.55 bits per heavy atom. The summed E-state index contributed by atoms with van der Waals surface area (Å²) >= 11 is 1.54. The first-order valence-electron chi connectivity index (χ1n) is 8.96. The Bertz CT molecular complexity index is 1080. The number of amides is 1. The molecule has 0 fully saturated rings. The molecule has 7 heteroatoms. The Balaban J connectivity index is 1.74. The van der Waals surface area contributed by atoms with Gasteiger partial charge in [-0.1, -0.05) is 48.5 Å². The number of thioether (sulfide) groups is 1. The quantitative estimate of drug-likeness (QED) is 0.571. The van der Waals surface area contributed by atoms with Gasteiger partial charge in [0.05, 0.1) is 11.4 Å². The third-order valence-electron chi connectivity index (χ3n) is 4.42. The molecular formula is C22H22N2O3S2. The standard InChI is InChI=1S/C22H22N2O3S2/c1-24(29(26,27)19-14-12-18(28-2)13-15-19)16-22(25)23-21-11-7-6-10-20(21)17-8-4-3-5-9-17/h3-15H,16H2,1-2H3,(H,23,25). The molecule has 0 unspecified atom stereocenters. The molecular weight excluding hydrogens is 404 g/mol.